The first-order valence-electron chi connectivity index (χ1n) is 8.95. The zero-order valence-corrected chi connectivity index (χ0v) is 15.8. The number of benzene rings is 3. The van der Waals surface area contributed by atoms with Gasteiger partial charge in [0.2, 0.25) is 12.7 Å². The number of carbonyl (C=O) groups is 1. The quantitative estimate of drug-likeness (QED) is 0.452. The number of carbonyl (C=O) groups excluding carboxylic acids is 1. The third kappa shape index (κ3) is 3.37. The third-order valence-corrected chi connectivity index (χ3v) is 4.97. The molecule has 0 atom stereocenters. The second kappa shape index (κ2) is 7.11. The minimum absolute atomic E-state index is 0.148. The minimum Gasteiger partial charge on any atom is -0.454 e. The van der Waals surface area contributed by atoms with Crippen molar-refractivity contribution >= 4 is 29.5 Å². The van der Waals surface area contributed by atoms with Gasteiger partial charge in [0, 0.05) is 11.6 Å². The first-order valence-corrected chi connectivity index (χ1v) is 9.33. The molecule has 2 aliphatic heterocycles. The molecule has 0 saturated heterocycles. The van der Waals surface area contributed by atoms with Crippen LogP contribution in [0.5, 0.6) is 11.5 Å². The Morgan fingerprint density at radius 2 is 1.52 bits per heavy atom. The second-order valence-corrected chi connectivity index (χ2v) is 6.91. The van der Waals surface area contributed by atoms with Crippen LogP contribution in [0.15, 0.2) is 77.4 Å². The van der Waals surface area contributed by atoms with Crippen LogP contribution in [0.2, 0.25) is 5.02 Å². The highest BCUT2D eigenvalue weighted by atomic mass is 35.5. The van der Waals surface area contributed by atoms with E-state index < -0.39 is 5.97 Å². The van der Waals surface area contributed by atoms with Crippen LogP contribution in [0.25, 0.3) is 17.2 Å². The Morgan fingerprint density at radius 3 is 2.28 bits per heavy atom. The minimum atomic E-state index is -0.527. The van der Waals surface area contributed by atoms with Gasteiger partial charge < -0.3 is 14.2 Å². The number of cyclic esters (lactones) is 1. The molecule has 6 heteroatoms. The molecule has 0 unspecified atom stereocenters. The molecular formula is C23H14ClNO4. The molecule has 2 aliphatic rings. The van der Waals surface area contributed by atoms with Crippen molar-refractivity contribution in [1.29, 1.82) is 0 Å². The maximum atomic E-state index is 12.3. The smallest absolute Gasteiger partial charge is 0.363 e. The van der Waals surface area contributed by atoms with E-state index >= 15 is 0 Å². The molecule has 0 radical (unpaired) electrons. The van der Waals surface area contributed by atoms with Crippen LogP contribution in [-0.4, -0.2) is 18.7 Å². The fourth-order valence-electron chi connectivity index (χ4n) is 3.16. The van der Waals surface area contributed by atoms with Crippen molar-refractivity contribution in [3.63, 3.8) is 0 Å². The monoisotopic (exact) mass is 403 g/mol. The van der Waals surface area contributed by atoms with E-state index in [4.69, 9.17) is 25.8 Å². The van der Waals surface area contributed by atoms with E-state index in [2.05, 4.69) is 4.99 Å². The lowest BCUT2D eigenvalue weighted by atomic mass is 10.0. The van der Waals surface area contributed by atoms with Gasteiger partial charge in [-0.25, -0.2) is 9.79 Å². The number of fused-ring (bicyclic) bond motifs is 1. The van der Waals surface area contributed by atoms with Gasteiger partial charge >= 0.3 is 5.97 Å². The standard InChI is InChI=1S/C23H14ClNO4/c24-18-12-21-20(27-13-28-21)11-17(18)10-19-23(26)29-22(25-19)16-8-6-15(7-9-16)14-4-2-1-3-5-14/h1-12H,13H2/b19-10-. The molecule has 0 amide bonds. The summed E-state index contributed by atoms with van der Waals surface area (Å²) in [6, 6.07) is 21.1. The lowest BCUT2D eigenvalue weighted by Crippen LogP contribution is -2.05. The highest BCUT2D eigenvalue weighted by Crippen LogP contribution is 2.38. The Morgan fingerprint density at radius 1 is 0.862 bits per heavy atom. The summed E-state index contributed by atoms with van der Waals surface area (Å²) in [5.74, 6) is 0.890. The SMILES string of the molecule is O=C1OC(c2ccc(-c3ccccc3)cc2)=N/C1=C\c1cc2c(cc1Cl)OCO2. The van der Waals surface area contributed by atoms with Gasteiger partial charge in [-0.15, -0.1) is 0 Å². The molecule has 0 N–H and O–H groups in total. The molecule has 0 aliphatic carbocycles. The van der Waals surface area contributed by atoms with Crippen molar-refractivity contribution in [2.45, 2.75) is 0 Å². The van der Waals surface area contributed by atoms with E-state index in [1.165, 1.54) is 0 Å². The highest BCUT2D eigenvalue weighted by Gasteiger charge is 2.25. The van der Waals surface area contributed by atoms with Crippen LogP contribution >= 0.6 is 11.6 Å². The Kier molecular flexibility index (Phi) is 4.30. The maximum Gasteiger partial charge on any atom is 0.363 e. The van der Waals surface area contributed by atoms with Crippen LogP contribution in [-0.2, 0) is 9.53 Å². The van der Waals surface area contributed by atoms with E-state index in [-0.39, 0.29) is 18.4 Å². The molecule has 0 saturated carbocycles. The van der Waals surface area contributed by atoms with Crippen LogP contribution in [0, 0.1) is 0 Å². The van der Waals surface area contributed by atoms with E-state index in [9.17, 15) is 4.79 Å². The predicted molar refractivity (Wildman–Crippen MR) is 110 cm³/mol. The zero-order valence-electron chi connectivity index (χ0n) is 15.1. The molecule has 0 aromatic heterocycles. The first kappa shape index (κ1) is 17.5. The number of nitrogens with zero attached hydrogens (tertiary/aromatic N) is 1. The maximum absolute atomic E-state index is 12.3. The molecule has 0 fully saturated rings. The van der Waals surface area contributed by atoms with Crippen molar-refractivity contribution in [3.8, 4) is 22.6 Å². The molecule has 2 heterocycles. The van der Waals surface area contributed by atoms with Gasteiger partial charge in [-0.3, -0.25) is 0 Å². The molecule has 5 nitrogen and oxygen atoms in total. The molecule has 3 aromatic rings. The number of aliphatic imine (C=N–C) groups is 1. The Hall–Kier alpha value is -3.57. The summed E-state index contributed by atoms with van der Waals surface area (Å²) in [5.41, 5.74) is 3.68. The first-order chi connectivity index (χ1) is 14.2. The van der Waals surface area contributed by atoms with Gasteiger partial charge in [0.25, 0.3) is 0 Å². The topological polar surface area (TPSA) is 57.1 Å². The van der Waals surface area contributed by atoms with E-state index in [0.29, 0.717) is 22.1 Å². The van der Waals surface area contributed by atoms with Crippen LogP contribution in [0.1, 0.15) is 11.1 Å². The number of esters is 1. The number of ether oxygens (including phenoxy) is 3. The van der Waals surface area contributed by atoms with Gasteiger partial charge in [-0.1, -0.05) is 54.1 Å². The average Bonchev–Trinajstić information content (AvgIpc) is 3.35. The van der Waals surface area contributed by atoms with E-state index in [1.807, 2.05) is 54.6 Å². The molecule has 0 bridgehead atoms. The number of hydrogen-bond donors (Lipinski definition) is 0. The molecule has 5 rings (SSSR count). The summed E-state index contributed by atoms with van der Waals surface area (Å²) in [5, 5.41) is 0.436. The molecule has 3 aromatic carbocycles. The molecule has 29 heavy (non-hydrogen) atoms. The van der Waals surface area contributed by atoms with Gasteiger partial charge in [-0.05, 0) is 41.0 Å². The zero-order chi connectivity index (χ0) is 19.8. The number of rotatable bonds is 3. The summed E-state index contributed by atoms with van der Waals surface area (Å²) in [7, 11) is 0. The lowest BCUT2D eigenvalue weighted by molar-refractivity contribution is -0.129. The normalized spacial score (nSPS) is 16.1. The van der Waals surface area contributed by atoms with E-state index in [0.717, 1.165) is 16.7 Å². The number of halogens is 1. The van der Waals surface area contributed by atoms with Gasteiger partial charge in [0.05, 0.1) is 5.02 Å². The molecule has 0 spiro atoms. The Labute approximate surface area is 171 Å². The number of hydrogen-bond acceptors (Lipinski definition) is 5. The van der Waals surface area contributed by atoms with Gasteiger partial charge in [0.1, 0.15) is 0 Å². The van der Waals surface area contributed by atoms with Crippen LogP contribution in [0.3, 0.4) is 0 Å². The summed E-state index contributed by atoms with van der Waals surface area (Å²) >= 11 is 6.28. The molecular weight excluding hydrogens is 390 g/mol. The van der Waals surface area contributed by atoms with E-state index in [1.54, 1.807) is 18.2 Å². The second-order valence-electron chi connectivity index (χ2n) is 6.51. The third-order valence-electron chi connectivity index (χ3n) is 4.64. The largest absolute Gasteiger partial charge is 0.454 e. The van der Waals surface area contributed by atoms with Crippen molar-refractivity contribution in [2.24, 2.45) is 4.99 Å². The average molecular weight is 404 g/mol. The Balaban J connectivity index is 1.44. The van der Waals surface area contributed by atoms with Crippen molar-refractivity contribution < 1.29 is 19.0 Å². The van der Waals surface area contributed by atoms with Crippen molar-refractivity contribution in [1.82, 2.24) is 0 Å². The summed E-state index contributed by atoms with van der Waals surface area (Å²) < 4.78 is 16.0. The van der Waals surface area contributed by atoms with Gasteiger partial charge in [0.15, 0.2) is 17.2 Å². The fourth-order valence-corrected chi connectivity index (χ4v) is 3.37. The lowest BCUT2D eigenvalue weighted by Gasteiger charge is -2.03. The van der Waals surface area contributed by atoms with Crippen LogP contribution in [0.4, 0.5) is 0 Å². The summed E-state index contributed by atoms with van der Waals surface area (Å²) in [6.45, 7) is 0.148. The van der Waals surface area contributed by atoms with Crippen molar-refractivity contribution in [3.05, 3.63) is 88.6 Å². The summed E-state index contributed by atoms with van der Waals surface area (Å²) in [6.07, 6.45) is 1.58. The van der Waals surface area contributed by atoms with Crippen LogP contribution < -0.4 is 9.47 Å². The predicted octanol–water partition coefficient (Wildman–Crippen LogP) is 5.08. The summed E-state index contributed by atoms with van der Waals surface area (Å²) in [4.78, 5) is 16.6. The fraction of sp³-hybridized carbons (Fsp3) is 0.0435. The van der Waals surface area contributed by atoms with Crippen molar-refractivity contribution in [2.75, 3.05) is 6.79 Å². The Bertz CT molecular complexity index is 1170. The molecule has 142 valence electrons. The van der Waals surface area contributed by atoms with Gasteiger partial charge in [-0.2, -0.15) is 0 Å². The highest BCUT2D eigenvalue weighted by molar-refractivity contribution is 6.32.